The lowest BCUT2D eigenvalue weighted by atomic mass is 10.1. The molecule has 28 heavy (non-hydrogen) atoms. The van der Waals surface area contributed by atoms with Crippen LogP contribution in [0.1, 0.15) is 31.7 Å². The summed E-state index contributed by atoms with van der Waals surface area (Å²) in [5.74, 6) is -0.563. The second-order valence-corrected chi connectivity index (χ2v) is 6.87. The van der Waals surface area contributed by atoms with E-state index < -0.39 is 0 Å². The quantitative estimate of drug-likeness (QED) is 0.866. The number of carbonyl (C=O) groups is 2. The van der Waals surface area contributed by atoms with Crippen molar-refractivity contribution in [2.24, 2.45) is 0 Å². The molecule has 0 bridgehead atoms. The zero-order valence-corrected chi connectivity index (χ0v) is 16.0. The van der Waals surface area contributed by atoms with E-state index in [1.807, 2.05) is 30.3 Å². The van der Waals surface area contributed by atoms with Crippen LogP contribution in [-0.4, -0.2) is 31.4 Å². The van der Waals surface area contributed by atoms with Crippen LogP contribution in [0.5, 0.6) is 0 Å². The van der Waals surface area contributed by atoms with Crippen molar-refractivity contribution in [2.75, 3.05) is 34.8 Å². The number of nitrogens with one attached hydrogen (secondary N) is 1. The van der Waals surface area contributed by atoms with Crippen LogP contribution < -0.4 is 15.1 Å². The normalized spacial score (nSPS) is 13.5. The van der Waals surface area contributed by atoms with Gasteiger partial charge in [0.25, 0.3) is 0 Å². The van der Waals surface area contributed by atoms with Gasteiger partial charge in [0, 0.05) is 31.4 Å². The summed E-state index contributed by atoms with van der Waals surface area (Å²) in [5.41, 5.74) is 2.64. The lowest BCUT2D eigenvalue weighted by Gasteiger charge is -2.29. The van der Waals surface area contributed by atoms with Crippen LogP contribution >= 0.6 is 0 Å². The van der Waals surface area contributed by atoms with Crippen molar-refractivity contribution in [3.05, 3.63) is 54.1 Å². The number of benzene rings is 2. The van der Waals surface area contributed by atoms with Crippen molar-refractivity contribution in [3.8, 4) is 6.07 Å². The van der Waals surface area contributed by atoms with Gasteiger partial charge in [0.05, 0.1) is 11.3 Å². The molecule has 0 aromatic heterocycles. The fourth-order valence-electron chi connectivity index (χ4n) is 3.40. The molecule has 0 radical (unpaired) electrons. The van der Waals surface area contributed by atoms with E-state index in [-0.39, 0.29) is 18.4 Å². The zero-order chi connectivity index (χ0) is 19.9. The van der Waals surface area contributed by atoms with Gasteiger partial charge in [-0.25, -0.2) is 0 Å². The largest absolute Gasteiger partial charge is 0.372 e. The van der Waals surface area contributed by atoms with E-state index in [2.05, 4.69) is 10.2 Å². The minimum Gasteiger partial charge on any atom is -0.372 e. The Morgan fingerprint density at radius 1 is 1.07 bits per heavy atom. The highest BCUT2D eigenvalue weighted by Gasteiger charge is 2.18. The van der Waals surface area contributed by atoms with Crippen LogP contribution in [0, 0.1) is 11.3 Å². The summed E-state index contributed by atoms with van der Waals surface area (Å²) in [7, 11) is 0. The summed E-state index contributed by atoms with van der Waals surface area (Å²) in [4.78, 5) is 28.4. The number of anilines is 3. The Balaban J connectivity index is 1.70. The maximum atomic E-state index is 12.5. The van der Waals surface area contributed by atoms with Crippen molar-refractivity contribution in [1.29, 1.82) is 5.26 Å². The number of carbonyl (C=O) groups excluding carboxylic acids is 2. The molecule has 6 nitrogen and oxygen atoms in total. The molecule has 0 unspecified atom stereocenters. The summed E-state index contributed by atoms with van der Waals surface area (Å²) >= 11 is 0. The van der Waals surface area contributed by atoms with Gasteiger partial charge in [0.15, 0.2) is 0 Å². The zero-order valence-electron chi connectivity index (χ0n) is 16.0. The molecular formula is C22H24N4O2. The van der Waals surface area contributed by atoms with Gasteiger partial charge in [0.1, 0.15) is 12.6 Å². The second kappa shape index (κ2) is 9.05. The average molecular weight is 376 g/mol. The van der Waals surface area contributed by atoms with Gasteiger partial charge in [-0.05, 0) is 55.7 Å². The summed E-state index contributed by atoms with van der Waals surface area (Å²) in [6.45, 7) is 3.43. The minimum atomic E-state index is -0.349. The van der Waals surface area contributed by atoms with E-state index in [1.165, 1.54) is 31.1 Å². The van der Waals surface area contributed by atoms with Crippen LogP contribution in [0.4, 0.5) is 17.1 Å². The third kappa shape index (κ3) is 4.68. The van der Waals surface area contributed by atoms with Gasteiger partial charge in [-0.2, -0.15) is 5.26 Å². The van der Waals surface area contributed by atoms with Gasteiger partial charge < -0.3 is 15.1 Å². The Hall–Kier alpha value is -3.33. The third-order valence-corrected chi connectivity index (χ3v) is 4.89. The van der Waals surface area contributed by atoms with Gasteiger partial charge in [-0.15, -0.1) is 0 Å². The number of hydrogen-bond donors (Lipinski definition) is 1. The van der Waals surface area contributed by atoms with Crippen molar-refractivity contribution >= 4 is 28.9 Å². The fraction of sp³-hybridized carbons (Fsp3) is 0.318. The molecule has 3 rings (SSSR count). The molecule has 6 heteroatoms. The molecule has 0 spiro atoms. The fourth-order valence-corrected chi connectivity index (χ4v) is 3.40. The van der Waals surface area contributed by atoms with Crippen LogP contribution in [0.3, 0.4) is 0 Å². The number of para-hydroxylation sites is 1. The molecule has 1 fully saturated rings. The van der Waals surface area contributed by atoms with E-state index in [4.69, 9.17) is 5.26 Å². The smallest absolute Gasteiger partial charge is 0.244 e. The Labute approximate surface area is 165 Å². The van der Waals surface area contributed by atoms with Gasteiger partial charge in [-0.3, -0.25) is 9.59 Å². The molecule has 144 valence electrons. The molecule has 0 saturated carbocycles. The van der Waals surface area contributed by atoms with Crippen LogP contribution in [0.2, 0.25) is 0 Å². The highest BCUT2D eigenvalue weighted by atomic mass is 16.2. The van der Waals surface area contributed by atoms with Crippen LogP contribution in [-0.2, 0) is 9.59 Å². The van der Waals surface area contributed by atoms with E-state index in [0.29, 0.717) is 16.9 Å². The predicted octanol–water partition coefficient (Wildman–Crippen LogP) is 3.54. The first-order valence-electron chi connectivity index (χ1n) is 9.50. The first-order chi connectivity index (χ1) is 13.6. The first-order valence-corrected chi connectivity index (χ1v) is 9.50. The summed E-state index contributed by atoms with van der Waals surface area (Å²) < 4.78 is 0. The minimum absolute atomic E-state index is 0.113. The lowest BCUT2D eigenvalue weighted by molar-refractivity contribution is -0.120. The number of nitriles is 1. The predicted molar refractivity (Wildman–Crippen MR) is 110 cm³/mol. The molecule has 2 aromatic rings. The number of hydrogen-bond acceptors (Lipinski definition) is 4. The Morgan fingerprint density at radius 2 is 1.75 bits per heavy atom. The molecule has 0 aliphatic carbocycles. The molecule has 1 N–H and O–H groups in total. The van der Waals surface area contributed by atoms with Gasteiger partial charge in [0.2, 0.25) is 11.8 Å². The van der Waals surface area contributed by atoms with Crippen molar-refractivity contribution in [2.45, 2.75) is 26.2 Å². The van der Waals surface area contributed by atoms with Crippen molar-refractivity contribution in [3.63, 3.8) is 0 Å². The molecule has 1 heterocycles. The monoisotopic (exact) mass is 376 g/mol. The van der Waals surface area contributed by atoms with Crippen molar-refractivity contribution in [1.82, 2.24) is 0 Å². The van der Waals surface area contributed by atoms with E-state index >= 15 is 0 Å². The lowest BCUT2D eigenvalue weighted by Crippen LogP contribution is -2.36. The van der Waals surface area contributed by atoms with E-state index in [1.54, 1.807) is 24.3 Å². The maximum Gasteiger partial charge on any atom is 0.244 e. The number of nitrogens with zero attached hydrogens (tertiary/aromatic N) is 3. The molecule has 2 amide bonds. The average Bonchev–Trinajstić information content (AvgIpc) is 2.73. The summed E-state index contributed by atoms with van der Waals surface area (Å²) in [6, 6.07) is 16.6. The molecule has 0 atom stereocenters. The second-order valence-electron chi connectivity index (χ2n) is 6.87. The number of rotatable bonds is 5. The highest BCUT2D eigenvalue weighted by Crippen LogP contribution is 2.24. The molecule has 1 saturated heterocycles. The standard InChI is InChI=1S/C22H24N4O2/c1-17(27)26(16-22(28)24-21-8-4-3-7-18(21)15-23)20-11-9-19(10-12-20)25-13-5-2-6-14-25/h3-4,7-12H,2,5-6,13-14,16H2,1H3,(H,24,28). The Kier molecular flexibility index (Phi) is 6.28. The maximum absolute atomic E-state index is 12.5. The Bertz CT molecular complexity index is 880. The highest BCUT2D eigenvalue weighted by molar-refractivity contribution is 6.02. The Morgan fingerprint density at radius 3 is 2.39 bits per heavy atom. The summed E-state index contributed by atoms with van der Waals surface area (Å²) in [5, 5.41) is 11.9. The van der Waals surface area contributed by atoms with Crippen LogP contribution in [0.15, 0.2) is 48.5 Å². The SMILES string of the molecule is CC(=O)N(CC(=O)Nc1ccccc1C#N)c1ccc(N2CCCCC2)cc1. The third-order valence-electron chi connectivity index (χ3n) is 4.89. The van der Waals surface area contributed by atoms with Crippen LogP contribution in [0.25, 0.3) is 0 Å². The van der Waals surface area contributed by atoms with Crippen molar-refractivity contribution < 1.29 is 9.59 Å². The van der Waals surface area contributed by atoms with E-state index in [0.717, 1.165) is 18.8 Å². The first kappa shape index (κ1) is 19.4. The molecule has 1 aliphatic rings. The molecule has 1 aliphatic heterocycles. The van der Waals surface area contributed by atoms with E-state index in [9.17, 15) is 9.59 Å². The number of piperidine rings is 1. The topological polar surface area (TPSA) is 76.4 Å². The molecular weight excluding hydrogens is 352 g/mol. The van der Waals surface area contributed by atoms with Gasteiger partial charge >= 0.3 is 0 Å². The number of amides is 2. The summed E-state index contributed by atoms with van der Waals surface area (Å²) in [6.07, 6.45) is 3.67. The molecule has 2 aromatic carbocycles. The van der Waals surface area contributed by atoms with Gasteiger partial charge in [-0.1, -0.05) is 12.1 Å².